The standard InChI is InChI=1S/2C2H4I2.2CH3.2Y/c2*1-2-4-3;;;;/h2*1-2H2;2*1H3;;/q2*-2;2*-1;;. The molecule has 0 bridgehead atoms. The van der Waals surface area contributed by atoms with Crippen LogP contribution in [0.5, 0.6) is 0 Å². The van der Waals surface area contributed by atoms with E-state index >= 15 is 0 Å². The van der Waals surface area contributed by atoms with Crippen molar-refractivity contribution in [2.45, 2.75) is 0 Å². The molecule has 0 aliphatic rings. The molecule has 78 valence electrons. The van der Waals surface area contributed by atoms with Crippen LogP contribution in [0.15, 0.2) is 0 Å². The normalized spacial score (nSPS) is 5.67. The maximum absolute atomic E-state index is 3.65. The Morgan fingerprint density at radius 2 is 0.917 bits per heavy atom. The second kappa shape index (κ2) is 44.3. The van der Waals surface area contributed by atoms with Gasteiger partial charge in [-0.3, -0.25) is 0 Å². The molecule has 2 radical (unpaired) electrons. The quantitative estimate of drug-likeness (QED) is 0.165. The van der Waals surface area contributed by atoms with Crippen molar-refractivity contribution in [1.29, 1.82) is 0 Å². The molecule has 0 atom stereocenters. The average Bonchev–Trinajstić information content (AvgIpc) is 1.88. The molecule has 0 heterocycles. The van der Waals surface area contributed by atoms with Crippen molar-refractivity contribution in [3.63, 3.8) is 0 Å². The van der Waals surface area contributed by atoms with Gasteiger partial charge in [-0.2, -0.15) is 0 Å². The van der Waals surface area contributed by atoms with Crippen LogP contribution in [0.1, 0.15) is 0 Å². The fourth-order valence-corrected chi connectivity index (χ4v) is 0. The summed E-state index contributed by atoms with van der Waals surface area (Å²) in [4.78, 5) is 0. The van der Waals surface area contributed by atoms with Gasteiger partial charge in [0.1, 0.15) is 0 Å². The minimum Gasteiger partial charge on any atom is -0.358 e. The van der Waals surface area contributed by atoms with Gasteiger partial charge in [-0.05, 0) is 0 Å². The third kappa shape index (κ3) is 59.4. The Bertz CT molecular complexity index is 25.5. The van der Waals surface area contributed by atoms with Crippen LogP contribution in [0.25, 0.3) is 0 Å². The summed E-state index contributed by atoms with van der Waals surface area (Å²) in [6.07, 6.45) is 0. The van der Waals surface area contributed by atoms with E-state index < -0.39 is 0 Å². The fourth-order valence-electron chi connectivity index (χ4n) is 0. The van der Waals surface area contributed by atoms with E-state index in [1.807, 2.05) is 0 Å². The Balaban J connectivity index is -0.0000000112. The van der Waals surface area contributed by atoms with Crippen molar-refractivity contribution >= 4 is 37.2 Å². The first-order valence-electron chi connectivity index (χ1n) is 1.82. The van der Waals surface area contributed by atoms with Crippen molar-refractivity contribution in [3.05, 3.63) is 28.7 Å². The molecule has 12 heavy (non-hydrogen) atoms. The number of rotatable bonds is 2. The molecule has 0 aromatic rings. The molecule has 0 rings (SSSR count). The van der Waals surface area contributed by atoms with E-state index in [-0.39, 0.29) is 80.3 Å². The molecule has 0 spiro atoms. The fraction of sp³-hybridized carbons (Fsp3) is 0.333. The number of hydrogen-bond acceptors (Lipinski definition) is 0. The second-order valence-corrected chi connectivity index (χ2v) is 11.6. The van der Waals surface area contributed by atoms with Gasteiger partial charge in [0, 0.05) is 65.4 Å². The molecular weight excluding hydrogens is 757 g/mol. The summed E-state index contributed by atoms with van der Waals surface area (Å²) in [5.41, 5.74) is 0. The van der Waals surface area contributed by atoms with E-state index in [0.29, 0.717) is 34.5 Å². The van der Waals surface area contributed by atoms with Crippen molar-refractivity contribution in [2.75, 3.05) is 8.86 Å². The Kier molecular flexibility index (Phi) is 133. The molecular formula is C6H14I4Y2-6. The largest absolute Gasteiger partial charge is 0.358 e. The van der Waals surface area contributed by atoms with Gasteiger partial charge < -0.3 is 14.9 Å². The Morgan fingerprint density at radius 1 is 0.833 bits per heavy atom. The number of halogens is 4. The summed E-state index contributed by atoms with van der Waals surface area (Å²) in [5.74, 6) is 0. The van der Waals surface area contributed by atoms with E-state index in [1.165, 1.54) is 8.86 Å². The summed E-state index contributed by atoms with van der Waals surface area (Å²) in [6, 6.07) is 0. The van der Waals surface area contributed by atoms with Crippen LogP contribution in [0.4, 0.5) is 0 Å². The van der Waals surface area contributed by atoms with Crippen LogP contribution >= 0.6 is 37.2 Å². The second-order valence-electron chi connectivity index (χ2n) is 0.580. The van der Waals surface area contributed by atoms with Crippen LogP contribution in [0.3, 0.4) is 0 Å². The summed E-state index contributed by atoms with van der Waals surface area (Å²) >= 11 is 5.74. The van der Waals surface area contributed by atoms with Gasteiger partial charge in [0.05, 0.1) is 0 Å². The van der Waals surface area contributed by atoms with Gasteiger partial charge >= 0.3 is 94.4 Å². The molecule has 0 saturated carbocycles. The zero-order chi connectivity index (χ0) is 6.83. The van der Waals surface area contributed by atoms with Gasteiger partial charge in [-0.15, -0.1) is 0 Å². The van der Waals surface area contributed by atoms with E-state index in [9.17, 15) is 0 Å². The van der Waals surface area contributed by atoms with E-state index in [0.717, 1.165) is 0 Å². The number of hydrogen-bond donors (Lipinski definition) is 0. The molecule has 0 aromatic carbocycles. The smallest absolute Gasteiger partial charge is 0 e. The summed E-state index contributed by atoms with van der Waals surface area (Å²) in [5, 5.41) is 0. The van der Waals surface area contributed by atoms with Crippen LogP contribution in [-0.2, 0) is 65.4 Å². The molecule has 0 fully saturated rings. The number of alkyl halides is 2. The molecule has 0 aliphatic heterocycles. The zero-order valence-electron chi connectivity index (χ0n) is 7.49. The Morgan fingerprint density at radius 3 is 0.917 bits per heavy atom. The van der Waals surface area contributed by atoms with Crippen molar-refractivity contribution in [1.82, 2.24) is 0 Å². The monoisotopic (exact) mass is 772 g/mol. The van der Waals surface area contributed by atoms with Gasteiger partial charge in [0.2, 0.25) is 0 Å². The molecule has 0 unspecified atom stereocenters. The SMILES string of the molecule is [CH2-]C[I-]I.[CH2-]C[I-]I.[CH3-].[CH3-].[Y].[Y]. The van der Waals surface area contributed by atoms with E-state index in [4.69, 9.17) is 0 Å². The summed E-state index contributed by atoms with van der Waals surface area (Å²) in [7, 11) is 0. The summed E-state index contributed by atoms with van der Waals surface area (Å²) in [6.45, 7) is 7.29. The first-order valence-corrected chi connectivity index (χ1v) is 17.4. The topological polar surface area (TPSA) is 0 Å². The predicted molar refractivity (Wildman–Crippen MR) is 61.3 cm³/mol. The van der Waals surface area contributed by atoms with E-state index in [1.54, 1.807) is 0 Å². The third-order valence-electron chi connectivity index (χ3n) is 0.143. The minimum absolute atomic E-state index is 0. The molecule has 0 saturated heterocycles. The van der Waals surface area contributed by atoms with Gasteiger partial charge in [-0.1, -0.05) is 0 Å². The minimum atomic E-state index is 0. The average molecular weight is 772 g/mol. The van der Waals surface area contributed by atoms with Crippen LogP contribution in [0.2, 0.25) is 0 Å². The molecule has 6 heteroatoms. The first-order chi connectivity index (χ1) is 3.83. The van der Waals surface area contributed by atoms with Crippen molar-refractivity contribution in [2.24, 2.45) is 0 Å². The van der Waals surface area contributed by atoms with Gasteiger partial charge in [-0.25, -0.2) is 0 Å². The van der Waals surface area contributed by atoms with Crippen LogP contribution < -0.4 is 34.5 Å². The van der Waals surface area contributed by atoms with Crippen molar-refractivity contribution in [3.8, 4) is 0 Å². The van der Waals surface area contributed by atoms with Crippen LogP contribution in [-0.4, -0.2) is 8.86 Å². The summed E-state index contributed by atoms with van der Waals surface area (Å²) < 4.78 is 2.33. The molecule has 0 nitrogen and oxygen atoms in total. The van der Waals surface area contributed by atoms with Crippen molar-refractivity contribution < 1.29 is 99.9 Å². The Hall–Kier alpha value is 5.13. The van der Waals surface area contributed by atoms with E-state index in [2.05, 4.69) is 51.1 Å². The molecule has 0 amide bonds. The molecule has 0 aliphatic carbocycles. The molecule has 0 aromatic heterocycles. The zero-order valence-corrected chi connectivity index (χ0v) is 21.8. The first kappa shape index (κ1) is 36.0. The third-order valence-corrected chi connectivity index (χ3v) is 6.43. The predicted octanol–water partition coefficient (Wildman–Crippen LogP) is -2.59. The van der Waals surface area contributed by atoms with Gasteiger partial charge in [0.25, 0.3) is 0 Å². The maximum Gasteiger partial charge on any atom is 0 e. The van der Waals surface area contributed by atoms with Gasteiger partial charge in [0.15, 0.2) is 0 Å². The Labute approximate surface area is 170 Å². The molecule has 0 N–H and O–H groups in total. The maximum atomic E-state index is 3.65. The van der Waals surface area contributed by atoms with Crippen LogP contribution in [0, 0.1) is 28.7 Å².